The van der Waals surface area contributed by atoms with Gasteiger partial charge in [0.05, 0.1) is 19.4 Å². The summed E-state index contributed by atoms with van der Waals surface area (Å²) in [6, 6.07) is 11.2. The number of likely N-dealkylation sites (tertiary alicyclic amines) is 1. The number of furan rings is 1. The first kappa shape index (κ1) is 17.5. The fraction of sp³-hybridized carbons (Fsp3) is 0.400. The second-order valence-corrected chi connectivity index (χ2v) is 6.87. The molecule has 0 radical (unpaired) electrons. The van der Waals surface area contributed by atoms with Crippen LogP contribution in [0.2, 0.25) is 0 Å². The van der Waals surface area contributed by atoms with Crippen molar-refractivity contribution in [2.75, 3.05) is 26.2 Å². The standard InChI is InChI=1S/C20H23N3O4/c24-19(18-6-3-12-26-18)22-9-7-16(8-10-22)21-20(25)23-11-13-27-17-5-2-1-4-15(17)14-23/h1-6,12,16H,7-11,13-14H2,(H,21,25). The number of nitrogens with one attached hydrogen (secondary N) is 1. The van der Waals surface area contributed by atoms with Crippen LogP contribution >= 0.6 is 0 Å². The summed E-state index contributed by atoms with van der Waals surface area (Å²) in [5.74, 6) is 1.12. The summed E-state index contributed by atoms with van der Waals surface area (Å²) in [5.41, 5.74) is 1.02. The predicted octanol–water partition coefficient (Wildman–Crippen LogP) is 2.49. The normalized spacial score (nSPS) is 17.6. The number of fused-ring (bicyclic) bond motifs is 1. The molecule has 1 N–H and O–H groups in total. The Morgan fingerprint density at radius 1 is 1.00 bits per heavy atom. The van der Waals surface area contributed by atoms with Crippen molar-refractivity contribution in [3.63, 3.8) is 0 Å². The largest absolute Gasteiger partial charge is 0.491 e. The van der Waals surface area contributed by atoms with Crippen LogP contribution < -0.4 is 10.1 Å². The van der Waals surface area contributed by atoms with Crippen molar-refractivity contribution >= 4 is 11.9 Å². The fourth-order valence-corrected chi connectivity index (χ4v) is 3.55. The second-order valence-electron chi connectivity index (χ2n) is 6.87. The Hall–Kier alpha value is -2.96. The van der Waals surface area contributed by atoms with Gasteiger partial charge < -0.3 is 24.3 Å². The zero-order valence-corrected chi connectivity index (χ0v) is 15.1. The summed E-state index contributed by atoms with van der Waals surface area (Å²) in [5, 5.41) is 3.11. The number of carbonyl (C=O) groups is 2. The molecule has 4 rings (SSSR count). The van der Waals surface area contributed by atoms with Gasteiger partial charge in [-0.25, -0.2) is 4.79 Å². The van der Waals surface area contributed by atoms with Crippen LogP contribution in [0.15, 0.2) is 47.1 Å². The lowest BCUT2D eigenvalue weighted by Gasteiger charge is -2.33. The number of carbonyl (C=O) groups excluding carboxylic acids is 2. The van der Waals surface area contributed by atoms with Gasteiger partial charge in [-0.2, -0.15) is 0 Å². The molecule has 0 aliphatic carbocycles. The Labute approximate surface area is 157 Å². The van der Waals surface area contributed by atoms with Crippen molar-refractivity contribution in [3.8, 4) is 5.75 Å². The van der Waals surface area contributed by atoms with Crippen molar-refractivity contribution in [1.82, 2.24) is 15.1 Å². The third kappa shape index (κ3) is 3.92. The highest BCUT2D eigenvalue weighted by Gasteiger charge is 2.27. The van der Waals surface area contributed by atoms with Gasteiger partial charge in [0.2, 0.25) is 0 Å². The molecule has 0 spiro atoms. The lowest BCUT2D eigenvalue weighted by Crippen LogP contribution is -2.50. The van der Waals surface area contributed by atoms with Gasteiger partial charge in [-0.15, -0.1) is 0 Å². The van der Waals surface area contributed by atoms with Crippen LogP contribution in [0.3, 0.4) is 0 Å². The summed E-state index contributed by atoms with van der Waals surface area (Å²) in [7, 11) is 0. The van der Waals surface area contributed by atoms with E-state index in [2.05, 4.69) is 5.32 Å². The monoisotopic (exact) mass is 369 g/mol. The Kier molecular flexibility index (Phi) is 5.00. The number of rotatable bonds is 2. The van der Waals surface area contributed by atoms with Crippen LogP contribution in [0, 0.1) is 0 Å². The topological polar surface area (TPSA) is 75.0 Å². The maximum atomic E-state index is 12.7. The number of nitrogens with zero attached hydrogens (tertiary/aromatic N) is 2. The molecular weight excluding hydrogens is 346 g/mol. The summed E-state index contributed by atoms with van der Waals surface area (Å²) >= 11 is 0. The quantitative estimate of drug-likeness (QED) is 0.883. The highest BCUT2D eigenvalue weighted by molar-refractivity contribution is 5.91. The molecule has 1 fully saturated rings. The Morgan fingerprint density at radius 3 is 2.59 bits per heavy atom. The summed E-state index contributed by atoms with van der Waals surface area (Å²) < 4.78 is 10.9. The van der Waals surface area contributed by atoms with E-state index in [0.717, 1.165) is 24.2 Å². The zero-order valence-electron chi connectivity index (χ0n) is 15.1. The molecule has 0 unspecified atom stereocenters. The number of hydrogen-bond donors (Lipinski definition) is 1. The number of benzene rings is 1. The molecule has 7 nitrogen and oxygen atoms in total. The predicted molar refractivity (Wildman–Crippen MR) is 98.5 cm³/mol. The zero-order chi connectivity index (χ0) is 18.6. The minimum absolute atomic E-state index is 0.0672. The van der Waals surface area contributed by atoms with E-state index in [9.17, 15) is 9.59 Å². The molecule has 7 heteroatoms. The average Bonchev–Trinajstić information content (AvgIpc) is 3.14. The third-order valence-electron chi connectivity index (χ3n) is 5.08. The van der Waals surface area contributed by atoms with Crippen LogP contribution in [-0.2, 0) is 6.54 Å². The van der Waals surface area contributed by atoms with E-state index in [1.54, 1.807) is 21.9 Å². The van der Waals surface area contributed by atoms with Crippen LogP contribution in [0.5, 0.6) is 5.75 Å². The molecule has 0 bridgehead atoms. The van der Waals surface area contributed by atoms with E-state index in [1.165, 1.54) is 6.26 Å². The van der Waals surface area contributed by atoms with Gasteiger partial charge in [-0.05, 0) is 31.0 Å². The third-order valence-corrected chi connectivity index (χ3v) is 5.08. The number of amides is 3. The van der Waals surface area contributed by atoms with Gasteiger partial charge in [0.1, 0.15) is 12.4 Å². The molecule has 1 aromatic carbocycles. The first-order chi connectivity index (χ1) is 13.2. The molecule has 142 valence electrons. The van der Waals surface area contributed by atoms with Crippen LogP contribution in [0.1, 0.15) is 29.0 Å². The summed E-state index contributed by atoms with van der Waals surface area (Å²) in [6.07, 6.45) is 2.97. The molecule has 3 amide bonds. The van der Waals surface area contributed by atoms with Crippen molar-refractivity contribution < 1.29 is 18.7 Å². The lowest BCUT2D eigenvalue weighted by molar-refractivity contribution is 0.0674. The molecule has 27 heavy (non-hydrogen) atoms. The highest BCUT2D eigenvalue weighted by Crippen LogP contribution is 2.22. The first-order valence-electron chi connectivity index (χ1n) is 9.29. The number of piperidine rings is 1. The lowest BCUT2D eigenvalue weighted by atomic mass is 10.0. The number of hydrogen-bond acceptors (Lipinski definition) is 4. The maximum Gasteiger partial charge on any atom is 0.318 e. The van der Waals surface area contributed by atoms with Gasteiger partial charge >= 0.3 is 6.03 Å². The van der Waals surface area contributed by atoms with E-state index in [1.807, 2.05) is 24.3 Å². The van der Waals surface area contributed by atoms with Gasteiger partial charge in [-0.1, -0.05) is 18.2 Å². The molecule has 0 atom stereocenters. The van der Waals surface area contributed by atoms with E-state index >= 15 is 0 Å². The molecule has 1 aromatic heterocycles. The number of para-hydroxylation sites is 1. The molecule has 1 saturated heterocycles. The van der Waals surface area contributed by atoms with Crippen molar-refractivity contribution in [1.29, 1.82) is 0 Å². The highest BCUT2D eigenvalue weighted by atomic mass is 16.5. The molecule has 2 aliphatic heterocycles. The van der Waals surface area contributed by atoms with Gasteiger partial charge in [0.25, 0.3) is 5.91 Å². The minimum Gasteiger partial charge on any atom is -0.491 e. The van der Waals surface area contributed by atoms with Crippen LogP contribution in [-0.4, -0.2) is 54.0 Å². The minimum atomic E-state index is -0.0916. The van der Waals surface area contributed by atoms with Gasteiger partial charge in [-0.3, -0.25) is 4.79 Å². The van der Waals surface area contributed by atoms with Gasteiger partial charge in [0, 0.05) is 24.7 Å². The van der Waals surface area contributed by atoms with Crippen molar-refractivity contribution in [3.05, 3.63) is 54.0 Å². The van der Waals surface area contributed by atoms with E-state index in [0.29, 0.717) is 38.5 Å². The molecular formula is C20H23N3O4. The fourth-order valence-electron chi connectivity index (χ4n) is 3.55. The molecule has 2 aromatic rings. The summed E-state index contributed by atoms with van der Waals surface area (Å²) in [6.45, 7) is 2.79. The Bertz CT molecular complexity index is 797. The average molecular weight is 369 g/mol. The molecule has 0 saturated carbocycles. The Balaban J connectivity index is 1.30. The van der Waals surface area contributed by atoms with E-state index in [4.69, 9.17) is 9.15 Å². The van der Waals surface area contributed by atoms with Crippen molar-refractivity contribution in [2.45, 2.75) is 25.4 Å². The SMILES string of the molecule is O=C(NC1CCN(C(=O)c2ccco2)CC1)N1CCOc2ccccc2C1. The molecule has 3 heterocycles. The number of ether oxygens (including phenoxy) is 1. The Morgan fingerprint density at radius 2 is 1.81 bits per heavy atom. The maximum absolute atomic E-state index is 12.7. The van der Waals surface area contributed by atoms with E-state index < -0.39 is 0 Å². The van der Waals surface area contributed by atoms with Crippen LogP contribution in [0.25, 0.3) is 0 Å². The van der Waals surface area contributed by atoms with Crippen molar-refractivity contribution in [2.24, 2.45) is 0 Å². The molecule has 2 aliphatic rings. The number of urea groups is 1. The van der Waals surface area contributed by atoms with E-state index in [-0.39, 0.29) is 18.0 Å². The smallest absolute Gasteiger partial charge is 0.318 e. The first-order valence-corrected chi connectivity index (χ1v) is 9.29. The second kappa shape index (κ2) is 7.73. The van der Waals surface area contributed by atoms with Gasteiger partial charge in [0.15, 0.2) is 5.76 Å². The van der Waals surface area contributed by atoms with Crippen LogP contribution in [0.4, 0.5) is 4.79 Å². The summed E-state index contributed by atoms with van der Waals surface area (Å²) in [4.78, 5) is 28.6.